The number of aromatic nitrogens is 2. The first-order valence-corrected chi connectivity index (χ1v) is 9.30. The molecular weight excluding hydrogens is 344 g/mol. The topological polar surface area (TPSA) is 95.4 Å². The van der Waals surface area contributed by atoms with E-state index in [0.717, 1.165) is 36.8 Å². The van der Waals surface area contributed by atoms with Crippen molar-refractivity contribution in [2.45, 2.75) is 45.1 Å². The van der Waals surface area contributed by atoms with Gasteiger partial charge in [-0.1, -0.05) is 31.9 Å². The van der Waals surface area contributed by atoms with Crippen molar-refractivity contribution < 1.29 is 14.7 Å². The second kappa shape index (κ2) is 8.73. The Morgan fingerprint density at radius 1 is 1.37 bits per heavy atom. The minimum atomic E-state index is -0.540. The van der Waals surface area contributed by atoms with Crippen molar-refractivity contribution in [3.05, 3.63) is 47.3 Å². The lowest BCUT2D eigenvalue weighted by Gasteiger charge is -2.28. The Hall–Kier alpha value is -2.80. The van der Waals surface area contributed by atoms with Gasteiger partial charge in [-0.15, -0.1) is 0 Å². The van der Waals surface area contributed by atoms with Crippen LogP contribution in [-0.2, 0) is 6.42 Å². The zero-order valence-electron chi connectivity index (χ0n) is 15.4. The van der Waals surface area contributed by atoms with E-state index in [0.29, 0.717) is 36.6 Å². The average molecular weight is 368 g/mol. The van der Waals surface area contributed by atoms with Gasteiger partial charge in [0, 0.05) is 12.7 Å². The quantitative estimate of drug-likeness (QED) is 0.761. The third kappa shape index (κ3) is 4.49. The minimum Gasteiger partial charge on any atom is -0.388 e. The second-order valence-corrected chi connectivity index (χ2v) is 6.66. The number of unbranched alkanes of at least 4 members (excludes halogenated alkanes) is 1. The molecule has 2 aromatic heterocycles. The first-order chi connectivity index (χ1) is 13.1. The number of aldehydes is 1. The van der Waals surface area contributed by atoms with Crippen LogP contribution in [-0.4, -0.2) is 33.9 Å². The van der Waals surface area contributed by atoms with Crippen LogP contribution in [0.25, 0.3) is 0 Å². The van der Waals surface area contributed by atoms with E-state index < -0.39 is 6.10 Å². The zero-order valence-corrected chi connectivity index (χ0v) is 15.4. The number of nitrogens with one attached hydrogen (secondary N) is 1. The van der Waals surface area contributed by atoms with Gasteiger partial charge in [0.2, 0.25) is 0 Å². The summed E-state index contributed by atoms with van der Waals surface area (Å²) in [6.45, 7) is 2.61. The molecule has 0 aliphatic carbocycles. The molecule has 0 fully saturated rings. The third-order valence-corrected chi connectivity index (χ3v) is 4.66. The number of aliphatic hydroxyl groups excluding tert-OH is 1. The Balaban J connectivity index is 1.70. The molecule has 7 nitrogen and oxygen atoms in total. The van der Waals surface area contributed by atoms with Gasteiger partial charge in [0.15, 0.2) is 6.29 Å². The Bertz CT molecular complexity index is 807. The molecule has 2 N–H and O–H groups in total. The van der Waals surface area contributed by atoms with Crippen molar-refractivity contribution >= 4 is 24.0 Å². The van der Waals surface area contributed by atoms with Crippen LogP contribution in [0.5, 0.6) is 0 Å². The van der Waals surface area contributed by atoms with Gasteiger partial charge in [-0.2, -0.15) is 0 Å². The summed E-state index contributed by atoms with van der Waals surface area (Å²) in [5, 5.41) is 12.9. The highest BCUT2D eigenvalue weighted by Crippen LogP contribution is 2.26. The molecule has 0 saturated carbocycles. The number of carbonyl (C=O) groups is 2. The van der Waals surface area contributed by atoms with Gasteiger partial charge in [-0.25, -0.2) is 14.8 Å². The standard InChI is InChI=1S/C20H24N4O3/c1-2-3-6-17(26)15-8-10-18(21-12-15)23-20(27)24-11-4-5-14-7-9-16(13-25)22-19(14)24/h7-10,12-13,17,26H,2-6,11H2,1H3,(H,21,23,27). The van der Waals surface area contributed by atoms with Crippen LogP contribution in [0.2, 0.25) is 0 Å². The van der Waals surface area contributed by atoms with Crippen molar-refractivity contribution in [3.8, 4) is 0 Å². The summed E-state index contributed by atoms with van der Waals surface area (Å²) >= 11 is 0. The smallest absolute Gasteiger partial charge is 0.328 e. The summed E-state index contributed by atoms with van der Waals surface area (Å²) in [5.74, 6) is 0.931. The second-order valence-electron chi connectivity index (χ2n) is 6.66. The Kier molecular flexibility index (Phi) is 6.13. The number of nitrogens with zero attached hydrogens (tertiary/aromatic N) is 3. The Morgan fingerprint density at radius 2 is 2.22 bits per heavy atom. The molecule has 0 spiro atoms. The van der Waals surface area contributed by atoms with Crippen LogP contribution in [0.3, 0.4) is 0 Å². The molecule has 7 heteroatoms. The highest BCUT2D eigenvalue weighted by Gasteiger charge is 2.24. The van der Waals surface area contributed by atoms with E-state index in [1.165, 1.54) is 4.90 Å². The van der Waals surface area contributed by atoms with Crippen LogP contribution in [0, 0.1) is 0 Å². The molecule has 142 valence electrons. The zero-order chi connectivity index (χ0) is 19.2. The molecule has 0 saturated heterocycles. The lowest BCUT2D eigenvalue weighted by atomic mass is 10.1. The third-order valence-electron chi connectivity index (χ3n) is 4.66. The maximum Gasteiger partial charge on any atom is 0.328 e. The Morgan fingerprint density at radius 3 is 2.93 bits per heavy atom. The summed E-state index contributed by atoms with van der Waals surface area (Å²) in [5.41, 5.74) is 1.99. The maximum absolute atomic E-state index is 12.7. The van der Waals surface area contributed by atoms with Crippen molar-refractivity contribution in [2.75, 3.05) is 16.8 Å². The largest absolute Gasteiger partial charge is 0.388 e. The number of aryl methyl sites for hydroxylation is 1. The molecule has 2 aromatic rings. The summed E-state index contributed by atoms with van der Waals surface area (Å²) in [6.07, 6.45) is 6.05. The molecule has 3 rings (SSSR count). The van der Waals surface area contributed by atoms with Gasteiger partial charge in [0.25, 0.3) is 0 Å². The normalized spacial score (nSPS) is 14.4. The van der Waals surface area contributed by atoms with E-state index in [-0.39, 0.29) is 6.03 Å². The number of urea groups is 1. The molecule has 0 bridgehead atoms. The molecule has 0 aromatic carbocycles. The van der Waals surface area contributed by atoms with E-state index in [4.69, 9.17) is 0 Å². The summed E-state index contributed by atoms with van der Waals surface area (Å²) in [6, 6.07) is 6.63. The monoisotopic (exact) mass is 368 g/mol. The highest BCUT2D eigenvalue weighted by molar-refractivity contribution is 6.01. The molecule has 27 heavy (non-hydrogen) atoms. The predicted octanol–water partition coefficient (Wildman–Crippen LogP) is 3.50. The number of rotatable bonds is 6. The van der Waals surface area contributed by atoms with Crippen LogP contribution in [0.1, 0.15) is 60.3 Å². The molecule has 2 amide bonds. The first-order valence-electron chi connectivity index (χ1n) is 9.30. The highest BCUT2D eigenvalue weighted by atomic mass is 16.3. The number of fused-ring (bicyclic) bond motifs is 1. The van der Waals surface area contributed by atoms with Crippen molar-refractivity contribution in [1.82, 2.24) is 9.97 Å². The number of aliphatic hydroxyl groups is 1. The molecular formula is C20H24N4O3. The number of hydrogen-bond acceptors (Lipinski definition) is 5. The van der Waals surface area contributed by atoms with Gasteiger partial charge in [-0.05, 0) is 42.5 Å². The van der Waals surface area contributed by atoms with Crippen LogP contribution in [0.15, 0.2) is 30.5 Å². The lowest BCUT2D eigenvalue weighted by Crippen LogP contribution is -2.39. The molecule has 1 atom stereocenters. The van der Waals surface area contributed by atoms with Gasteiger partial charge >= 0.3 is 6.03 Å². The van der Waals surface area contributed by atoms with E-state index in [1.807, 2.05) is 6.07 Å². The molecule has 3 heterocycles. The number of amides is 2. The number of hydrogen-bond donors (Lipinski definition) is 2. The number of pyridine rings is 2. The van der Waals surface area contributed by atoms with Crippen molar-refractivity contribution in [2.24, 2.45) is 0 Å². The van der Waals surface area contributed by atoms with Crippen molar-refractivity contribution in [1.29, 1.82) is 0 Å². The average Bonchev–Trinajstić information content (AvgIpc) is 2.71. The van der Waals surface area contributed by atoms with Gasteiger partial charge in [0.05, 0.1) is 6.10 Å². The predicted molar refractivity (Wildman–Crippen MR) is 103 cm³/mol. The van der Waals surface area contributed by atoms with Crippen LogP contribution >= 0.6 is 0 Å². The van der Waals surface area contributed by atoms with E-state index in [9.17, 15) is 14.7 Å². The summed E-state index contributed by atoms with van der Waals surface area (Å²) in [7, 11) is 0. The molecule has 0 radical (unpaired) electrons. The SMILES string of the molecule is CCCCC(O)c1ccc(NC(=O)N2CCCc3ccc(C=O)nc32)nc1. The van der Waals surface area contributed by atoms with Crippen LogP contribution < -0.4 is 10.2 Å². The van der Waals surface area contributed by atoms with E-state index >= 15 is 0 Å². The molecule has 1 aliphatic heterocycles. The van der Waals surface area contributed by atoms with E-state index in [1.54, 1.807) is 24.4 Å². The first kappa shape index (κ1) is 19.0. The summed E-state index contributed by atoms with van der Waals surface area (Å²) in [4.78, 5) is 33.7. The minimum absolute atomic E-state index is 0.303. The Labute approximate surface area is 158 Å². The number of anilines is 2. The maximum atomic E-state index is 12.7. The van der Waals surface area contributed by atoms with Gasteiger partial charge in [-0.3, -0.25) is 15.0 Å². The van der Waals surface area contributed by atoms with Gasteiger partial charge in [0.1, 0.15) is 17.3 Å². The van der Waals surface area contributed by atoms with Crippen molar-refractivity contribution in [3.63, 3.8) is 0 Å². The molecule has 1 unspecified atom stereocenters. The molecule has 1 aliphatic rings. The van der Waals surface area contributed by atoms with Crippen LogP contribution in [0.4, 0.5) is 16.4 Å². The lowest BCUT2D eigenvalue weighted by molar-refractivity contribution is 0.111. The fourth-order valence-electron chi connectivity index (χ4n) is 3.14. The fourth-order valence-corrected chi connectivity index (χ4v) is 3.14. The fraction of sp³-hybridized carbons (Fsp3) is 0.400. The van der Waals surface area contributed by atoms with Gasteiger partial charge < -0.3 is 5.11 Å². The van der Waals surface area contributed by atoms with E-state index in [2.05, 4.69) is 22.2 Å². The summed E-state index contributed by atoms with van der Waals surface area (Å²) < 4.78 is 0. The number of carbonyl (C=O) groups excluding carboxylic acids is 2.